The molecule has 0 saturated heterocycles. The Morgan fingerprint density at radius 1 is 0.281 bits per heavy atom. The van der Waals surface area contributed by atoms with Gasteiger partial charge in [-0.15, -0.1) is 0 Å². The molecule has 12 aromatic rings. The molecule has 0 radical (unpaired) electrons. The Morgan fingerprint density at radius 2 is 0.702 bits per heavy atom. The van der Waals surface area contributed by atoms with E-state index in [1.54, 1.807) is 0 Å². The lowest BCUT2D eigenvalue weighted by Gasteiger charge is -2.26. The van der Waals surface area contributed by atoms with Crippen molar-refractivity contribution in [3.8, 4) is 27.9 Å². The van der Waals surface area contributed by atoms with Crippen LogP contribution >= 0.6 is 0 Å². The van der Waals surface area contributed by atoms with Crippen LogP contribution in [0.4, 0.5) is 17.1 Å². The van der Waals surface area contributed by atoms with Gasteiger partial charge < -0.3 is 13.9 Å². The first-order valence-corrected chi connectivity index (χ1v) is 19.6. The number of benzene rings is 9. The summed E-state index contributed by atoms with van der Waals surface area (Å²) in [6.45, 7) is 0. The first-order valence-electron chi connectivity index (χ1n) is 19.6. The van der Waals surface area contributed by atoms with Crippen LogP contribution in [-0.4, -0.2) is 8.97 Å². The van der Waals surface area contributed by atoms with Gasteiger partial charge in [-0.05, 0) is 95.1 Å². The molecule has 0 bridgehead atoms. The Kier molecular flexibility index (Phi) is 6.93. The predicted molar refractivity (Wildman–Crippen MR) is 241 cm³/mol. The maximum absolute atomic E-state index is 2.46. The lowest BCUT2D eigenvalue weighted by atomic mass is 10.0. The molecule has 266 valence electrons. The monoisotopic (exact) mass is 725 g/mol. The van der Waals surface area contributed by atoms with Gasteiger partial charge in [-0.3, -0.25) is 0 Å². The molecule has 0 unspecified atom stereocenters. The Balaban J connectivity index is 0.961. The van der Waals surface area contributed by atoms with Gasteiger partial charge in [-0.2, -0.15) is 0 Å². The van der Waals surface area contributed by atoms with Crippen LogP contribution in [0.3, 0.4) is 0 Å². The van der Waals surface area contributed by atoms with E-state index < -0.39 is 0 Å². The quantitative estimate of drug-likeness (QED) is 0.166. The molecule has 3 heteroatoms. The summed E-state index contributed by atoms with van der Waals surface area (Å²) < 4.78 is 4.83. The Labute approximate surface area is 329 Å². The van der Waals surface area contributed by atoms with Crippen LogP contribution in [0.2, 0.25) is 0 Å². The summed E-state index contributed by atoms with van der Waals surface area (Å²) in [4.78, 5) is 2.36. The lowest BCUT2D eigenvalue weighted by molar-refractivity contribution is 1.17. The lowest BCUT2D eigenvalue weighted by Crippen LogP contribution is -2.10. The van der Waals surface area contributed by atoms with Crippen molar-refractivity contribution in [3.63, 3.8) is 0 Å². The van der Waals surface area contributed by atoms with Crippen LogP contribution in [0.1, 0.15) is 0 Å². The smallest absolute Gasteiger partial charge is 0.0620 e. The zero-order valence-corrected chi connectivity index (χ0v) is 31.0. The molecule has 57 heavy (non-hydrogen) atoms. The molecule has 3 nitrogen and oxygen atoms in total. The van der Waals surface area contributed by atoms with E-state index >= 15 is 0 Å². The molecule has 0 aliphatic carbocycles. The van der Waals surface area contributed by atoms with Crippen LogP contribution in [0, 0.1) is 0 Å². The van der Waals surface area contributed by atoms with Crippen molar-refractivity contribution >= 4 is 77.0 Å². The van der Waals surface area contributed by atoms with E-state index in [0.717, 1.165) is 22.7 Å². The van der Waals surface area contributed by atoms with Gasteiger partial charge in [0.15, 0.2) is 0 Å². The van der Waals surface area contributed by atoms with Gasteiger partial charge in [0.1, 0.15) is 0 Å². The van der Waals surface area contributed by atoms with Crippen molar-refractivity contribution in [3.05, 3.63) is 212 Å². The molecule has 12 rings (SSSR count). The molecule has 0 saturated carbocycles. The van der Waals surface area contributed by atoms with Gasteiger partial charge in [-0.25, -0.2) is 0 Å². The van der Waals surface area contributed by atoms with E-state index in [1.165, 1.54) is 82.2 Å². The highest BCUT2D eigenvalue weighted by atomic mass is 15.1. The minimum absolute atomic E-state index is 1.10. The van der Waals surface area contributed by atoms with Gasteiger partial charge in [0.2, 0.25) is 0 Å². The molecular formula is C54H35N3. The standard InChI is InChI=1S/C54H35N3/c1-2-11-36(12-3-1)37-21-26-40(27-22-37)55(42-30-32-43(33-31-42)56-50-18-7-4-13-44(50)45-14-5-8-19-51(45)56)41-28-23-38(24-29-41)39-25-34-47-49-17-10-16-48-46-15-6-9-20-52(46)57(54(48)49)53(47)35-39/h1-35H. The number of hydrogen-bond donors (Lipinski definition) is 0. The number of aromatic nitrogens is 2. The fourth-order valence-corrected chi connectivity index (χ4v) is 9.25. The predicted octanol–water partition coefficient (Wildman–Crippen LogP) is 14.7. The van der Waals surface area contributed by atoms with E-state index in [2.05, 4.69) is 226 Å². The largest absolute Gasteiger partial charge is 0.311 e. The minimum Gasteiger partial charge on any atom is -0.311 e. The van der Waals surface area contributed by atoms with Crippen LogP contribution in [-0.2, 0) is 0 Å². The fourth-order valence-electron chi connectivity index (χ4n) is 9.25. The summed E-state index contributed by atoms with van der Waals surface area (Å²) in [6.07, 6.45) is 0. The number of hydrogen-bond acceptors (Lipinski definition) is 1. The summed E-state index contributed by atoms with van der Waals surface area (Å²) in [7, 11) is 0. The summed E-state index contributed by atoms with van der Waals surface area (Å²) in [5.74, 6) is 0. The number of nitrogens with zero attached hydrogens (tertiary/aromatic N) is 3. The second-order valence-corrected chi connectivity index (χ2v) is 15.0. The second kappa shape index (κ2) is 12.5. The Hall–Kier alpha value is -7.62. The maximum atomic E-state index is 2.46. The molecule has 0 N–H and O–H groups in total. The Bertz CT molecular complexity index is 3370. The summed E-state index contributed by atoms with van der Waals surface area (Å²) in [5.41, 5.74) is 15.4. The Morgan fingerprint density at radius 3 is 1.30 bits per heavy atom. The molecule has 9 aromatic carbocycles. The molecule has 0 fully saturated rings. The van der Waals surface area contributed by atoms with Crippen molar-refractivity contribution in [2.24, 2.45) is 0 Å². The molecular weight excluding hydrogens is 691 g/mol. The van der Waals surface area contributed by atoms with Crippen molar-refractivity contribution < 1.29 is 0 Å². The third-order valence-corrected chi connectivity index (χ3v) is 11.9. The first-order chi connectivity index (χ1) is 28.3. The highest BCUT2D eigenvalue weighted by molar-refractivity contribution is 6.23. The molecule has 0 aliphatic heterocycles. The molecule has 0 spiro atoms. The van der Waals surface area contributed by atoms with Crippen molar-refractivity contribution in [2.75, 3.05) is 4.90 Å². The fraction of sp³-hybridized carbons (Fsp3) is 0. The number of anilines is 3. The highest BCUT2D eigenvalue weighted by Crippen LogP contribution is 2.42. The highest BCUT2D eigenvalue weighted by Gasteiger charge is 2.19. The minimum atomic E-state index is 1.10. The third-order valence-electron chi connectivity index (χ3n) is 11.9. The average Bonchev–Trinajstić information content (AvgIpc) is 3.93. The summed E-state index contributed by atoms with van der Waals surface area (Å²) >= 11 is 0. The number of rotatable bonds is 6. The van der Waals surface area contributed by atoms with Gasteiger partial charge >= 0.3 is 0 Å². The van der Waals surface area contributed by atoms with E-state index in [-0.39, 0.29) is 0 Å². The van der Waals surface area contributed by atoms with Gasteiger partial charge in [-0.1, -0.05) is 140 Å². The number of fused-ring (bicyclic) bond motifs is 9. The van der Waals surface area contributed by atoms with Crippen LogP contribution in [0.25, 0.3) is 87.8 Å². The molecule has 0 amide bonds. The van der Waals surface area contributed by atoms with Crippen LogP contribution < -0.4 is 4.90 Å². The summed E-state index contributed by atoms with van der Waals surface area (Å²) in [6, 6.07) is 77.3. The van der Waals surface area contributed by atoms with E-state index in [4.69, 9.17) is 0 Å². The van der Waals surface area contributed by atoms with Gasteiger partial charge in [0, 0.05) is 55.1 Å². The van der Waals surface area contributed by atoms with Crippen molar-refractivity contribution in [1.29, 1.82) is 0 Å². The normalized spacial score (nSPS) is 11.9. The van der Waals surface area contributed by atoms with E-state index in [0.29, 0.717) is 0 Å². The molecule has 3 heterocycles. The number of para-hydroxylation sites is 4. The van der Waals surface area contributed by atoms with Gasteiger partial charge in [0.05, 0.1) is 27.6 Å². The maximum Gasteiger partial charge on any atom is 0.0620 e. The molecule has 3 aromatic heterocycles. The van der Waals surface area contributed by atoms with Crippen molar-refractivity contribution in [1.82, 2.24) is 8.97 Å². The molecule has 0 aliphatic rings. The van der Waals surface area contributed by atoms with E-state index in [1.807, 2.05) is 0 Å². The average molecular weight is 726 g/mol. The van der Waals surface area contributed by atoms with Crippen molar-refractivity contribution in [2.45, 2.75) is 0 Å². The zero-order chi connectivity index (χ0) is 37.5. The first kappa shape index (κ1) is 31.7. The summed E-state index contributed by atoms with van der Waals surface area (Å²) in [5, 5.41) is 7.73. The van der Waals surface area contributed by atoms with Gasteiger partial charge in [0.25, 0.3) is 0 Å². The van der Waals surface area contributed by atoms with Crippen LogP contribution in [0.15, 0.2) is 212 Å². The molecule has 0 atom stereocenters. The van der Waals surface area contributed by atoms with E-state index in [9.17, 15) is 0 Å². The topological polar surface area (TPSA) is 12.6 Å². The third kappa shape index (κ3) is 4.86. The SMILES string of the molecule is c1ccc(-c2ccc(N(c3ccc(-c4ccc5c6cccc7c8ccccc8n(c5c4)c76)cc3)c3ccc(-n4c5ccccc5c5ccccc54)cc3)cc2)cc1. The van der Waals surface area contributed by atoms with Crippen LogP contribution in [0.5, 0.6) is 0 Å². The second-order valence-electron chi connectivity index (χ2n) is 15.0. The zero-order valence-electron chi connectivity index (χ0n) is 31.0.